The van der Waals surface area contributed by atoms with Gasteiger partial charge in [0.2, 0.25) is 0 Å². The summed E-state index contributed by atoms with van der Waals surface area (Å²) in [7, 11) is 0. The van der Waals surface area contributed by atoms with Gasteiger partial charge in [0, 0.05) is 6.20 Å². The average molecular weight is 139 g/mol. The van der Waals surface area contributed by atoms with Crippen LogP contribution in [0.15, 0.2) is 18.6 Å². The number of rotatable bonds is 2. The smallest absolute Gasteiger partial charge is 0.115 e. The zero-order valence-corrected chi connectivity index (χ0v) is 5.44. The van der Waals surface area contributed by atoms with Gasteiger partial charge in [0.15, 0.2) is 0 Å². The highest BCUT2D eigenvalue weighted by molar-refractivity contribution is 5.03. The summed E-state index contributed by atoms with van der Waals surface area (Å²) in [5.74, 6) is 0. The Balaban J connectivity index is 2.75. The average Bonchev–Trinajstić information content (AvgIpc) is 2.05. The Hall–Kier alpha value is -1.00. The standard InChI is InChI=1S/C6H9N3O/c7-5(3-10)6-1-2-8-4-9-6/h1-2,4-5,10H,3,7H2/t5-/m1/s1. The lowest BCUT2D eigenvalue weighted by Gasteiger charge is -2.04. The van der Waals surface area contributed by atoms with Crippen molar-refractivity contribution < 1.29 is 5.11 Å². The second-order valence-electron chi connectivity index (χ2n) is 1.92. The van der Waals surface area contributed by atoms with Crippen molar-refractivity contribution in [3.05, 3.63) is 24.3 Å². The minimum Gasteiger partial charge on any atom is -0.394 e. The molecule has 54 valence electrons. The first-order valence-electron chi connectivity index (χ1n) is 2.97. The molecule has 10 heavy (non-hydrogen) atoms. The number of nitrogens with two attached hydrogens (primary N) is 1. The largest absolute Gasteiger partial charge is 0.394 e. The maximum atomic E-state index is 8.60. The van der Waals surface area contributed by atoms with Crippen LogP contribution in [0.5, 0.6) is 0 Å². The molecule has 4 heteroatoms. The maximum absolute atomic E-state index is 8.60. The van der Waals surface area contributed by atoms with Gasteiger partial charge in [-0.15, -0.1) is 0 Å². The van der Waals surface area contributed by atoms with E-state index >= 15 is 0 Å². The number of nitrogens with zero attached hydrogens (tertiary/aromatic N) is 2. The lowest BCUT2D eigenvalue weighted by Crippen LogP contribution is -2.15. The summed E-state index contributed by atoms with van der Waals surface area (Å²) < 4.78 is 0. The summed E-state index contributed by atoms with van der Waals surface area (Å²) in [4.78, 5) is 7.57. The van der Waals surface area contributed by atoms with Crippen LogP contribution >= 0.6 is 0 Å². The third-order valence-electron chi connectivity index (χ3n) is 1.18. The summed E-state index contributed by atoms with van der Waals surface area (Å²) >= 11 is 0. The van der Waals surface area contributed by atoms with E-state index in [2.05, 4.69) is 9.97 Å². The molecule has 0 amide bonds. The highest BCUT2D eigenvalue weighted by Crippen LogP contribution is 2.01. The number of aliphatic hydroxyl groups excluding tert-OH is 1. The normalized spacial score (nSPS) is 13.0. The molecule has 0 fully saturated rings. The molecule has 0 radical (unpaired) electrons. The second-order valence-corrected chi connectivity index (χ2v) is 1.92. The van der Waals surface area contributed by atoms with Gasteiger partial charge in [-0.1, -0.05) is 0 Å². The van der Waals surface area contributed by atoms with E-state index in [0.29, 0.717) is 5.69 Å². The fourth-order valence-electron chi connectivity index (χ4n) is 0.614. The number of aliphatic hydroxyl groups is 1. The van der Waals surface area contributed by atoms with E-state index in [4.69, 9.17) is 10.8 Å². The van der Waals surface area contributed by atoms with Crippen LogP contribution in [-0.2, 0) is 0 Å². The molecular formula is C6H9N3O. The molecule has 0 aliphatic heterocycles. The zero-order chi connectivity index (χ0) is 7.40. The number of hydrogen-bond donors (Lipinski definition) is 2. The van der Waals surface area contributed by atoms with Crippen LogP contribution in [-0.4, -0.2) is 21.7 Å². The molecule has 1 heterocycles. The van der Waals surface area contributed by atoms with E-state index in [1.807, 2.05) is 0 Å². The maximum Gasteiger partial charge on any atom is 0.115 e. The Labute approximate surface area is 58.7 Å². The Morgan fingerprint density at radius 2 is 2.50 bits per heavy atom. The van der Waals surface area contributed by atoms with Gasteiger partial charge in [0.1, 0.15) is 6.33 Å². The quantitative estimate of drug-likeness (QED) is 0.577. The van der Waals surface area contributed by atoms with Crippen molar-refractivity contribution in [2.75, 3.05) is 6.61 Å². The van der Waals surface area contributed by atoms with Gasteiger partial charge in [-0.3, -0.25) is 0 Å². The van der Waals surface area contributed by atoms with Crippen molar-refractivity contribution in [3.63, 3.8) is 0 Å². The first-order chi connectivity index (χ1) is 4.84. The fourth-order valence-corrected chi connectivity index (χ4v) is 0.614. The molecule has 1 aromatic heterocycles. The molecule has 4 nitrogen and oxygen atoms in total. The second kappa shape index (κ2) is 3.24. The van der Waals surface area contributed by atoms with E-state index in [1.54, 1.807) is 12.3 Å². The van der Waals surface area contributed by atoms with Gasteiger partial charge in [-0.2, -0.15) is 0 Å². The fraction of sp³-hybridized carbons (Fsp3) is 0.333. The van der Waals surface area contributed by atoms with Crippen LogP contribution in [0.1, 0.15) is 11.7 Å². The Kier molecular flexibility index (Phi) is 2.30. The third kappa shape index (κ3) is 1.49. The molecule has 0 aromatic carbocycles. The Morgan fingerprint density at radius 1 is 1.70 bits per heavy atom. The molecular weight excluding hydrogens is 130 g/mol. The summed E-state index contributed by atoms with van der Waals surface area (Å²) in [6, 6.07) is 1.30. The van der Waals surface area contributed by atoms with Crippen LogP contribution in [0.25, 0.3) is 0 Å². The van der Waals surface area contributed by atoms with Crippen molar-refractivity contribution in [1.82, 2.24) is 9.97 Å². The van der Waals surface area contributed by atoms with Crippen molar-refractivity contribution >= 4 is 0 Å². The lowest BCUT2D eigenvalue weighted by atomic mass is 10.2. The van der Waals surface area contributed by atoms with E-state index in [9.17, 15) is 0 Å². The summed E-state index contributed by atoms with van der Waals surface area (Å²) in [5.41, 5.74) is 6.12. The van der Waals surface area contributed by atoms with Gasteiger partial charge in [-0.25, -0.2) is 9.97 Å². The van der Waals surface area contributed by atoms with Crippen LogP contribution in [0.3, 0.4) is 0 Å². The monoisotopic (exact) mass is 139 g/mol. The van der Waals surface area contributed by atoms with Gasteiger partial charge in [0.25, 0.3) is 0 Å². The molecule has 0 unspecified atom stereocenters. The molecule has 0 saturated heterocycles. The topological polar surface area (TPSA) is 72.0 Å². The van der Waals surface area contributed by atoms with Crippen LogP contribution < -0.4 is 5.73 Å². The minimum absolute atomic E-state index is 0.0863. The zero-order valence-electron chi connectivity index (χ0n) is 5.44. The van der Waals surface area contributed by atoms with Crippen molar-refractivity contribution in [2.45, 2.75) is 6.04 Å². The predicted octanol–water partition coefficient (Wildman–Crippen LogP) is -0.531. The lowest BCUT2D eigenvalue weighted by molar-refractivity contribution is 0.266. The summed E-state index contributed by atoms with van der Waals surface area (Å²) in [5, 5.41) is 8.60. The van der Waals surface area contributed by atoms with E-state index in [-0.39, 0.29) is 12.6 Å². The Morgan fingerprint density at radius 3 is 3.00 bits per heavy atom. The molecule has 1 atom stereocenters. The first-order valence-corrected chi connectivity index (χ1v) is 2.97. The van der Waals surface area contributed by atoms with Gasteiger partial charge in [0.05, 0.1) is 18.3 Å². The van der Waals surface area contributed by atoms with Gasteiger partial charge < -0.3 is 10.8 Å². The summed E-state index contributed by atoms with van der Waals surface area (Å²) in [6.07, 6.45) is 3.00. The molecule has 0 aliphatic rings. The van der Waals surface area contributed by atoms with Crippen molar-refractivity contribution in [2.24, 2.45) is 5.73 Å². The van der Waals surface area contributed by atoms with Crippen LogP contribution in [0, 0.1) is 0 Å². The molecule has 3 N–H and O–H groups in total. The van der Waals surface area contributed by atoms with Gasteiger partial charge in [-0.05, 0) is 6.07 Å². The van der Waals surface area contributed by atoms with Crippen molar-refractivity contribution in [1.29, 1.82) is 0 Å². The van der Waals surface area contributed by atoms with E-state index in [0.717, 1.165) is 0 Å². The van der Waals surface area contributed by atoms with Crippen molar-refractivity contribution in [3.8, 4) is 0 Å². The molecule has 0 aliphatic carbocycles. The summed E-state index contributed by atoms with van der Waals surface area (Å²) in [6.45, 7) is -0.0863. The number of aromatic nitrogens is 2. The minimum atomic E-state index is -0.386. The molecule has 1 aromatic rings. The van der Waals surface area contributed by atoms with E-state index in [1.165, 1.54) is 6.33 Å². The highest BCUT2D eigenvalue weighted by Gasteiger charge is 2.02. The molecule has 1 rings (SSSR count). The molecule has 0 spiro atoms. The van der Waals surface area contributed by atoms with Gasteiger partial charge >= 0.3 is 0 Å². The number of hydrogen-bond acceptors (Lipinski definition) is 4. The third-order valence-corrected chi connectivity index (χ3v) is 1.18. The van der Waals surface area contributed by atoms with Crippen LogP contribution in [0.2, 0.25) is 0 Å². The Bertz CT molecular complexity index is 189. The first kappa shape index (κ1) is 7.11. The molecule has 0 bridgehead atoms. The highest BCUT2D eigenvalue weighted by atomic mass is 16.3. The molecule has 0 saturated carbocycles. The van der Waals surface area contributed by atoms with E-state index < -0.39 is 0 Å². The van der Waals surface area contributed by atoms with Crippen LogP contribution in [0.4, 0.5) is 0 Å². The SMILES string of the molecule is N[C@H](CO)c1ccncn1. The predicted molar refractivity (Wildman–Crippen MR) is 36.0 cm³/mol.